The molecule has 0 N–H and O–H groups in total. The van der Waals surface area contributed by atoms with E-state index >= 15 is 0 Å². The van der Waals surface area contributed by atoms with Crippen LogP contribution in [0, 0.1) is 0 Å². The van der Waals surface area contributed by atoms with E-state index in [1.54, 1.807) is 0 Å². The molecule has 0 atom stereocenters. The summed E-state index contributed by atoms with van der Waals surface area (Å²) >= 11 is 0. The van der Waals surface area contributed by atoms with Crippen molar-refractivity contribution in [2.24, 2.45) is 0 Å². The van der Waals surface area contributed by atoms with Gasteiger partial charge in [-0.15, -0.1) is 0 Å². The molecule has 34 heavy (non-hydrogen) atoms. The highest BCUT2D eigenvalue weighted by Crippen LogP contribution is 2.48. The van der Waals surface area contributed by atoms with E-state index in [1.807, 2.05) is 0 Å². The molecule has 1 aliphatic rings. The zero-order chi connectivity index (χ0) is 22.5. The smallest absolute Gasteiger partial charge is 0.179 e. The maximum atomic E-state index is 7.23. The van der Waals surface area contributed by atoms with Crippen LogP contribution in [0.2, 0.25) is 0 Å². The Balaban J connectivity index is 1.60. The van der Waals surface area contributed by atoms with Crippen molar-refractivity contribution in [2.45, 2.75) is 5.60 Å². The van der Waals surface area contributed by atoms with Gasteiger partial charge in [-0.05, 0) is 33.0 Å². The molecule has 0 saturated carbocycles. The Morgan fingerprint density at radius 3 is 1.56 bits per heavy atom. The van der Waals surface area contributed by atoms with Crippen LogP contribution in [0.5, 0.6) is 5.75 Å². The van der Waals surface area contributed by atoms with Gasteiger partial charge in [0.25, 0.3) is 0 Å². The lowest BCUT2D eigenvalue weighted by Crippen LogP contribution is -2.35. The zero-order valence-electron chi connectivity index (χ0n) is 18.6. The Bertz CT molecular complexity index is 1650. The standard InChI is InChI=1S/C33H22O/c1-4-14-27-23(9-1)12-7-17-30(27)33(31-18-8-13-24-10-2-5-15-28(24)31)22-21-26-20-19-25-11-3-6-16-29(25)32(26)34-33/h1-22H. The molecular weight excluding hydrogens is 412 g/mol. The Morgan fingerprint density at radius 1 is 0.441 bits per heavy atom. The summed E-state index contributed by atoms with van der Waals surface area (Å²) in [6.45, 7) is 0. The van der Waals surface area contributed by atoms with Gasteiger partial charge in [-0.25, -0.2) is 0 Å². The van der Waals surface area contributed by atoms with Crippen LogP contribution >= 0.6 is 0 Å². The summed E-state index contributed by atoms with van der Waals surface area (Å²) in [5, 5.41) is 7.13. The molecule has 0 fully saturated rings. The Labute approximate surface area is 198 Å². The number of hydrogen-bond acceptors (Lipinski definition) is 1. The van der Waals surface area contributed by atoms with Gasteiger partial charge < -0.3 is 4.74 Å². The van der Waals surface area contributed by atoms with Crippen LogP contribution in [0.25, 0.3) is 38.4 Å². The topological polar surface area (TPSA) is 9.23 Å². The fraction of sp³-hybridized carbons (Fsp3) is 0.0303. The van der Waals surface area contributed by atoms with Crippen LogP contribution in [0.1, 0.15) is 16.7 Å². The first-order valence-corrected chi connectivity index (χ1v) is 11.7. The highest BCUT2D eigenvalue weighted by Gasteiger charge is 2.39. The molecule has 1 nitrogen and oxygen atoms in total. The monoisotopic (exact) mass is 434 g/mol. The van der Waals surface area contributed by atoms with Crippen molar-refractivity contribution in [1.29, 1.82) is 0 Å². The van der Waals surface area contributed by atoms with Crippen LogP contribution in [-0.4, -0.2) is 0 Å². The van der Waals surface area contributed by atoms with Crippen LogP contribution in [0.3, 0.4) is 0 Å². The van der Waals surface area contributed by atoms with Crippen molar-refractivity contribution in [3.05, 3.63) is 144 Å². The third-order valence-corrected chi connectivity index (χ3v) is 7.05. The second-order valence-corrected chi connectivity index (χ2v) is 8.93. The van der Waals surface area contributed by atoms with Gasteiger partial charge in [0.15, 0.2) is 5.60 Å². The summed E-state index contributed by atoms with van der Waals surface area (Å²) in [5.74, 6) is 0.932. The molecular formula is C33H22O. The van der Waals surface area contributed by atoms with Crippen LogP contribution in [0.15, 0.2) is 127 Å². The van der Waals surface area contributed by atoms with E-state index < -0.39 is 5.60 Å². The number of rotatable bonds is 2. The Hall–Kier alpha value is -4.36. The number of fused-ring (bicyclic) bond motifs is 5. The van der Waals surface area contributed by atoms with Crippen molar-refractivity contribution in [2.75, 3.05) is 0 Å². The molecule has 0 radical (unpaired) electrons. The van der Waals surface area contributed by atoms with Gasteiger partial charge in [-0.2, -0.15) is 0 Å². The van der Waals surface area contributed by atoms with Crippen molar-refractivity contribution in [3.8, 4) is 5.75 Å². The lowest BCUT2D eigenvalue weighted by atomic mass is 9.79. The lowest BCUT2D eigenvalue weighted by Gasteiger charge is -2.38. The molecule has 6 aromatic carbocycles. The third kappa shape index (κ3) is 2.74. The average molecular weight is 435 g/mol. The summed E-state index contributed by atoms with van der Waals surface area (Å²) in [6.07, 6.45) is 4.47. The van der Waals surface area contributed by atoms with Gasteiger partial charge in [0.2, 0.25) is 0 Å². The normalized spacial score (nSPS) is 14.2. The molecule has 0 amide bonds. The minimum atomic E-state index is -0.765. The van der Waals surface area contributed by atoms with E-state index in [1.165, 1.54) is 26.9 Å². The van der Waals surface area contributed by atoms with Gasteiger partial charge in [-0.1, -0.05) is 127 Å². The number of benzene rings is 6. The second kappa shape index (κ2) is 7.33. The summed E-state index contributed by atoms with van der Waals surface area (Å²) in [7, 11) is 0. The molecule has 7 rings (SSSR count). The summed E-state index contributed by atoms with van der Waals surface area (Å²) < 4.78 is 7.23. The molecule has 0 aliphatic carbocycles. The van der Waals surface area contributed by atoms with E-state index in [0.717, 1.165) is 27.8 Å². The van der Waals surface area contributed by atoms with Crippen LogP contribution in [-0.2, 0) is 5.60 Å². The SMILES string of the molecule is C1=CC(c2cccc3ccccc23)(c2cccc3ccccc23)Oc2c1ccc1ccccc21. The molecule has 6 aromatic rings. The number of ether oxygens (including phenoxy) is 1. The first kappa shape index (κ1) is 19.1. The molecule has 0 unspecified atom stereocenters. The first-order chi connectivity index (χ1) is 16.8. The predicted octanol–water partition coefficient (Wildman–Crippen LogP) is 8.50. The third-order valence-electron chi connectivity index (χ3n) is 7.05. The maximum Gasteiger partial charge on any atom is 0.179 e. The molecule has 160 valence electrons. The van der Waals surface area contributed by atoms with E-state index in [2.05, 4.69) is 133 Å². The van der Waals surface area contributed by atoms with Crippen molar-refractivity contribution in [1.82, 2.24) is 0 Å². The van der Waals surface area contributed by atoms with E-state index in [-0.39, 0.29) is 0 Å². The first-order valence-electron chi connectivity index (χ1n) is 11.7. The molecule has 0 saturated heterocycles. The fourth-order valence-corrected chi connectivity index (χ4v) is 5.44. The van der Waals surface area contributed by atoms with Crippen LogP contribution < -0.4 is 4.74 Å². The summed E-state index contributed by atoms with van der Waals surface area (Å²) in [6, 6.07) is 43.0. The maximum absolute atomic E-state index is 7.23. The van der Waals surface area contributed by atoms with Gasteiger partial charge in [0, 0.05) is 22.1 Å². The van der Waals surface area contributed by atoms with Crippen molar-refractivity contribution >= 4 is 38.4 Å². The summed E-state index contributed by atoms with van der Waals surface area (Å²) in [5.41, 5.74) is 2.64. The molecule has 1 heterocycles. The van der Waals surface area contributed by atoms with E-state index in [9.17, 15) is 0 Å². The van der Waals surface area contributed by atoms with E-state index in [0.29, 0.717) is 0 Å². The quantitative estimate of drug-likeness (QED) is 0.265. The van der Waals surface area contributed by atoms with Crippen molar-refractivity contribution < 1.29 is 4.74 Å². The second-order valence-electron chi connectivity index (χ2n) is 8.93. The molecule has 0 spiro atoms. The minimum Gasteiger partial charge on any atom is -0.472 e. The summed E-state index contributed by atoms with van der Waals surface area (Å²) in [4.78, 5) is 0. The van der Waals surface area contributed by atoms with Gasteiger partial charge >= 0.3 is 0 Å². The zero-order valence-corrected chi connectivity index (χ0v) is 18.6. The molecule has 1 heteroatoms. The minimum absolute atomic E-state index is 0.765. The Kier molecular flexibility index (Phi) is 4.13. The lowest BCUT2D eigenvalue weighted by molar-refractivity contribution is 0.167. The van der Waals surface area contributed by atoms with Gasteiger partial charge in [-0.3, -0.25) is 0 Å². The van der Waals surface area contributed by atoms with E-state index in [4.69, 9.17) is 4.74 Å². The molecule has 0 bridgehead atoms. The Morgan fingerprint density at radius 2 is 0.941 bits per heavy atom. The molecule has 0 aromatic heterocycles. The van der Waals surface area contributed by atoms with Crippen molar-refractivity contribution in [3.63, 3.8) is 0 Å². The highest BCUT2D eigenvalue weighted by atomic mass is 16.5. The fourth-order valence-electron chi connectivity index (χ4n) is 5.44. The van der Waals surface area contributed by atoms with Gasteiger partial charge in [0.1, 0.15) is 5.75 Å². The largest absolute Gasteiger partial charge is 0.472 e. The average Bonchev–Trinajstić information content (AvgIpc) is 2.92. The van der Waals surface area contributed by atoms with Gasteiger partial charge in [0.05, 0.1) is 0 Å². The predicted molar refractivity (Wildman–Crippen MR) is 142 cm³/mol. The van der Waals surface area contributed by atoms with Crippen LogP contribution in [0.4, 0.5) is 0 Å². The highest BCUT2D eigenvalue weighted by molar-refractivity contribution is 5.95. The number of hydrogen-bond donors (Lipinski definition) is 0. The molecule has 1 aliphatic heterocycles.